The normalized spacial score (nSPS) is 16.6. The lowest BCUT2D eigenvalue weighted by molar-refractivity contribution is -0.384. The van der Waals surface area contributed by atoms with Crippen LogP contribution in [0.4, 0.5) is 5.69 Å². The van der Waals surface area contributed by atoms with Gasteiger partial charge in [0.15, 0.2) is 0 Å². The number of halogens is 1. The molecule has 0 radical (unpaired) electrons. The monoisotopic (exact) mass is 425 g/mol. The van der Waals surface area contributed by atoms with Crippen molar-refractivity contribution in [1.29, 1.82) is 0 Å². The van der Waals surface area contributed by atoms with Gasteiger partial charge in [0.1, 0.15) is 5.02 Å². The molecule has 0 spiro atoms. The van der Waals surface area contributed by atoms with Crippen LogP contribution in [-0.4, -0.2) is 51.1 Å². The Morgan fingerprint density at radius 1 is 1.18 bits per heavy atom. The second kappa shape index (κ2) is 8.97. The molecule has 8 nitrogen and oxygen atoms in total. The van der Waals surface area contributed by atoms with Gasteiger partial charge in [-0.2, -0.15) is 0 Å². The molecule has 2 aromatic rings. The molecule has 1 heterocycles. The molecule has 1 atom stereocenters. The first-order chi connectivity index (χ1) is 13.4. The summed E-state index contributed by atoms with van der Waals surface area (Å²) in [6, 6.07) is 12.1. The quantitative estimate of drug-likeness (QED) is 0.540. The fraction of sp³-hybridized carbons (Fsp3) is 0.333. The summed E-state index contributed by atoms with van der Waals surface area (Å²) < 4.78 is 33.9. The molecule has 1 fully saturated rings. The lowest BCUT2D eigenvalue weighted by Gasteiger charge is -2.31. The van der Waals surface area contributed by atoms with Crippen molar-refractivity contribution >= 4 is 27.3 Å². The van der Waals surface area contributed by atoms with Crippen molar-refractivity contribution in [2.24, 2.45) is 0 Å². The average Bonchev–Trinajstić information content (AvgIpc) is 2.69. The number of nitro benzene ring substituents is 1. The van der Waals surface area contributed by atoms with Crippen LogP contribution in [0.3, 0.4) is 0 Å². The van der Waals surface area contributed by atoms with Crippen LogP contribution in [0.15, 0.2) is 53.4 Å². The largest absolute Gasteiger partial charge is 0.379 e. The molecule has 2 aromatic carbocycles. The second-order valence-corrected chi connectivity index (χ2v) is 8.49. The predicted molar refractivity (Wildman–Crippen MR) is 105 cm³/mol. The van der Waals surface area contributed by atoms with Gasteiger partial charge in [0, 0.05) is 25.7 Å². The van der Waals surface area contributed by atoms with Gasteiger partial charge < -0.3 is 4.74 Å². The van der Waals surface area contributed by atoms with Gasteiger partial charge in [0.2, 0.25) is 10.0 Å². The topological polar surface area (TPSA) is 102 Å². The SMILES string of the molecule is O=[N+]([O-])c1cc(S(=O)(=O)NC(CN2CCOCC2)c2ccccc2)ccc1Cl. The molecule has 1 saturated heterocycles. The summed E-state index contributed by atoms with van der Waals surface area (Å²) in [7, 11) is -4.00. The molecule has 1 aliphatic heterocycles. The van der Waals surface area contributed by atoms with Crippen molar-refractivity contribution in [2.75, 3.05) is 32.8 Å². The third-order valence-corrected chi connectivity index (χ3v) is 6.26. The van der Waals surface area contributed by atoms with Gasteiger partial charge in [-0.05, 0) is 17.7 Å². The minimum Gasteiger partial charge on any atom is -0.379 e. The van der Waals surface area contributed by atoms with Gasteiger partial charge in [-0.3, -0.25) is 15.0 Å². The first-order valence-electron chi connectivity index (χ1n) is 8.68. The zero-order valence-corrected chi connectivity index (χ0v) is 16.5. The Hall–Kier alpha value is -2.04. The smallest absolute Gasteiger partial charge is 0.289 e. The van der Waals surface area contributed by atoms with E-state index in [9.17, 15) is 18.5 Å². The molecule has 1 N–H and O–H groups in total. The van der Waals surface area contributed by atoms with Crippen molar-refractivity contribution in [3.63, 3.8) is 0 Å². The van der Waals surface area contributed by atoms with E-state index < -0.39 is 26.7 Å². The molecular formula is C18H20ClN3O5S. The molecule has 0 bridgehead atoms. The first-order valence-corrected chi connectivity index (χ1v) is 10.5. The summed E-state index contributed by atoms with van der Waals surface area (Å²) in [5.41, 5.74) is 0.356. The Labute approximate surface area is 168 Å². The maximum atomic E-state index is 12.9. The highest BCUT2D eigenvalue weighted by atomic mass is 35.5. The molecular weight excluding hydrogens is 406 g/mol. The standard InChI is InChI=1S/C18H20ClN3O5S/c19-16-7-6-15(12-18(16)22(23)24)28(25,26)20-17(14-4-2-1-3-5-14)13-21-8-10-27-11-9-21/h1-7,12,17,20H,8-11,13H2. The van der Waals surface area contributed by atoms with E-state index in [1.54, 1.807) is 0 Å². The Balaban J connectivity index is 1.88. The van der Waals surface area contributed by atoms with Crippen LogP contribution in [0.25, 0.3) is 0 Å². The maximum Gasteiger partial charge on any atom is 0.289 e. The minimum atomic E-state index is -4.00. The molecule has 0 saturated carbocycles. The van der Waals surface area contributed by atoms with Crippen molar-refractivity contribution in [3.05, 3.63) is 69.2 Å². The zero-order valence-electron chi connectivity index (χ0n) is 15.0. The van der Waals surface area contributed by atoms with E-state index in [0.29, 0.717) is 32.8 Å². The fourth-order valence-electron chi connectivity index (χ4n) is 2.99. The molecule has 150 valence electrons. The molecule has 1 unspecified atom stereocenters. The number of morpholine rings is 1. The van der Waals surface area contributed by atoms with Gasteiger partial charge in [-0.1, -0.05) is 41.9 Å². The van der Waals surface area contributed by atoms with Gasteiger partial charge in [-0.25, -0.2) is 13.1 Å². The van der Waals surface area contributed by atoms with Gasteiger partial charge >= 0.3 is 0 Å². The van der Waals surface area contributed by atoms with Crippen molar-refractivity contribution in [3.8, 4) is 0 Å². The number of nitrogens with zero attached hydrogens (tertiary/aromatic N) is 2. The molecule has 0 aliphatic carbocycles. The van der Waals surface area contributed by atoms with Gasteiger partial charge in [-0.15, -0.1) is 0 Å². The Bertz CT molecular complexity index is 933. The second-order valence-electron chi connectivity index (χ2n) is 6.37. The summed E-state index contributed by atoms with van der Waals surface area (Å²) in [6.07, 6.45) is 0. The van der Waals surface area contributed by atoms with Crippen molar-refractivity contribution < 1.29 is 18.1 Å². The van der Waals surface area contributed by atoms with Crippen molar-refractivity contribution in [1.82, 2.24) is 9.62 Å². The predicted octanol–water partition coefficient (Wildman–Crippen LogP) is 2.60. The fourth-order valence-corrected chi connectivity index (χ4v) is 4.41. The summed E-state index contributed by atoms with van der Waals surface area (Å²) in [6.45, 7) is 3.06. The van der Waals surface area contributed by atoms with E-state index in [1.165, 1.54) is 12.1 Å². The number of benzene rings is 2. The van der Waals surface area contributed by atoms with E-state index >= 15 is 0 Å². The third-order valence-electron chi connectivity index (χ3n) is 4.47. The molecule has 0 amide bonds. The highest BCUT2D eigenvalue weighted by molar-refractivity contribution is 7.89. The maximum absolute atomic E-state index is 12.9. The minimum absolute atomic E-state index is 0.114. The molecule has 3 rings (SSSR count). The van der Waals surface area contributed by atoms with E-state index in [0.717, 1.165) is 11.6 Å². The van der Waals surface area contributed by atoms with Crippen LogP contribution in [0, 0.1) is 10.1 Å². The number of sulfonamides is 1. The van der Waals surface area contributed by atoms with E-state index in [-0.39, 0.29) is 9.92 Å². The van der Waals surface area contributed by atoms with E-state index in [4.69, 9.17) is 16.3 Å². The Kier molecular flexibility index (Phi) is 6.63. The zero-order chi connectivity index (χ0) is 20.1. The first kappa shape index (κ1) is 20.7. The summed E-state index contributed by atoms with van der Waals surface area (Å²) >= 11 is 5.80. The lowest BCUT2D eigenvalue weighted by atomic mass is 10.1. The highest BCUT2D eigenvalue weighted by Gasteiger charge is 2.26. The van der Waals surface area contributed by atoms with Crippen LogP contribution in [-0.2, 0) is 14.8 Å². The Morgan fingerprint density at radius 3 is 2.50 bits per heavy atom. The third kappa shape index (κ3) is 5.06. The number of ether oxygens (including phenoxy) is 1. The van der Waals surface area contributed by atoms with Crippen LogP contribution in [0.1, 0.15) is 11.6 Å². The number of nitrogens with one attached hydrogen (secondary N) is 1. The highest BCUT2D eigenvalue weighted by Crippen LogP contribution is 2.28. The molecule has 1 aliphatic rings. The Morgan fingerprint density at radius 2 is 1.86 bits per heavy atom. The summed E-state index contributed by atoms with van der Waals surface area (Å²) in [4.78, 5) is 12.3. The van der Waals surface area contributed by atoms with Crippen LogP contribution >= 0.6 is 11.6 Å². The summed E-state index contributed by atoms with van der Waals surface area (Å²) in [5, 5.41) is 11.0. The van der Waals surface area contributed by atoms with Gasteiger partial charge in [0.05, 0.1) is 29.1 Å². The number of hydrogen-bond donors (Lipinski definition) is 1. The summed E-state index contributed by atoms with van der Waals surface area (Å²) in [5.74, 6) is 0. The average molecular weight is 426 g/mol. The van der Waals surface area contributed by atoms with Crippen LogP contribution in [0.5, 0.6) is 0 Å². The molecule has 28 heavy (non-hydrogen) atoms. The van der Waals surface area contributed by atoms with Crippen molar-refractivity contribution in [2.45, 2.75) is 10.9 Å². The van der Waals surface area contributed by atoms with Gasteiger partial charge in [0.25, 0.3) is 5.69 Å². The van der Waals surface area contributed by atoms with E-state index in [2.05, 4.69) is 9.62 Å². The molecule has 0 aromatic heterocycles. The number of hydrogen-bond acceptors (Lipinski definition) is 6. The van der Waals surface area contributed by atoms with Crippen LogP contribution in [0.2, 0.25) is 5.02 Å². The molecule has 10 heteroatoms. The van der Waals surface area contributed by atoms with Crippen LogP contribution < -0.4 is 4.72 Å². The van der Waals surface area contributed by atoms with E-state index in [1.807, 2.05) is 30.3 Å². The lowest BCUT2D eigenvalue weighted by Crippen LogP contribution is -2.43. The number of nitro groups is 1. The number of rotatable bonds is 7.